The van der Waals surface area contributed by atoms with Crippen LogP contribution in [0.15, 0.2) is 23.2 Å². The minimum Gasteiger partial charge on any atom is -0.474 e. The van der Waals surface area contributed by atoms with E-state index in [0.717, 1.165) is 11.6 Å². The molecule has 1 atom stereocenters. The molecule has 0 spiro atoms. The smallest absolute Gasteiger partial charge is 0.235 e. The number of hydrogen-bond donors (Lipinski definition) is 0. The lowest BCUT2D eigenvalue weighted by Gasteiger charge is -2.06. The summed E-state index contributed by atoms with van der Waals surface area (Å²) >= 11 is 0. The molecule has 0 radical (unpaired) electrons. The summed E-state index contributed by atoms with van der Waals surface area (Å²) < 4.78 is 5.66. The first-order chi connectivity index (χ1) is 8.24. The molecule has 1 aliphatic carbocycles. The molecule has 1 aliphatic heterocycles. The zero-order valence-corrected chi connectivity index (χ0v) is 10.4. The predicted octanol–water partition coefficient (Wildman–Crippen LogP) is 2.76. The molecule has 1 saturated carbocycles. The Morgan fingerprint density at radius 1 is 1.29 bits per heavy atom. The fourth-order valence-electron chi connectivity index (χ4n) is 2.05. The van der Waals surface area contributed by atoms with E-state index in [2.05, 4.69) is 36.0 Å². The Bertz CT molecular complexity index is 449. The first kappa shape index (κ1) is 10.8. The number of pyridine rings is 1. The van der Waals surface area contributed by atoms with Gasteiger partial charge in [-0.1, -0.05) is 19.9 Å². The zero-order chi connectivity index (χ0) is 11.8. The van der Waals surface area contributed by atoms with Gasteiger partial charge in [-0.05, 0) is 30.9 Å². The topological polar surface area (TPSA) is 34.5 Å². The van der Waals surface area contributed by atoms with Crippen LogP contribution in [-0.4, -0.2) is 23.5 Å². The van der Waals surface area contributed by atoms with Gasteiger partial charge in [-0.25, -0.2) is 9.98 Å². The summed E-state index contributed by atoms with van der Waals surface area (Å²) in [6.07, 6.45) is 2.55. The van der Waals surface area contributed by atoms with E-state index in [1.165, 1.54) is 18.5 Å². The molecular weight excluding hydrogens is 212 g/mol. The molecule has 17 heavy (non-hydrogen) atoms. The van der Waals surface area contributed by atoms with Gasteiger partial charge < -0.3 is 4.74 Å². The number of hydrogen-bond acceptors (Lipinski definition) is 3. The average molecular weight is 230 g/mol. The standard InChI is InChI=1S/C14H18N2O/c1-9(2)13-8-17-14(16-13)12-5-3-4-11(15-12)10-6-7-10/h3-5,9-10,13H,6-8H2,1-2H3/t13-/m1/s1. The van der Waals surface area contributed by atoms with Gasteiger partial charge in [0.05, 0.1) is 6.04 Å². The maximum atomic E-state index is 5.66. The van der Waals surface area contributed by atoms with Crippen LogP contribution >= 0.6 is 0 Å². The third-order valence-corrected chi connectivity index (χ3v) is 3.43. The summed E-state index contributed by atoms with van der Waals surface area (Å²) in [7, 11) is 0. The summed E-state index contributed by atoms with van der Waals surface area (Å²) in [5.74, 6) is 1.93. The van der Waals surface area contributed by atoms with E-state index >= 15 is 0 Å². The Hall–Kier alpha value is -1.38. The largest absolute Gasteiger partial charge is 0.474 e. The van der Waals surface area contributed by atoms with E-state index < -0.39 is 0 Å². The number of aliphatic imine (C=N–C) groups is 1. The zero-order valence-electron chi connectivity index (χ0n) is 10.4. The lowest BCUT2D eigenvalue weighted by molar-refractivity contribution is 0.291. The molecule has 0 N–H and O–H groups in total. The molecule has 3 heteroatoms. The fraction of sp³-hybridized carbons (Fsp3) is 0.571. The summed E-state index contributed by atoms with van der Waals surface area (Å²) in [6.45, 7) is 5.05. The van der Waals surface area contributed by atoms with Gasteiger partial charge in [-0.3, -0.25) is 0 Å². The second-order valence-corrected chi connectivity index (χ2v) is 5.28. The first-order valence-electron chi connectivity index (χ1n) is 6.42. The van der Waals surface area contributed by atoms with Crippen LogP contribution in [0.4, 0.5) is 0 Å². The van der Waals surface area contributed by atoms with E-state index in [4.69, 9.17) is 4.74 Å². The van der Waals surface area contributed by atoms with Crippen molar-refractivity contribution in [1.82, 2.24) is 4.98 Å². The van der Waals surface area contributed by atoms with Gasteiger partial charge in [0.1, 0.15) is 12.3 Å². The van der Waals surface area contributed by atoms with Crippen LogP contribution in [0.3, 0.4) is 0 Å². The SMILES string of the molecule is CC(C)[C@H]1COC(c2cccc(C3CC3)n2)=N1. The van der Waals surface area contributed by atoms with Gasteiger partial charge in [0.25, 0.3) is 0 Å². The Labute approximate surface area is 102 Å². The van der Waals surface area contributed by atoms with Crippen LogP contribution in [0, 0.1) is 5.92 Å². The quantitative estimate of drug-likeness (QED) is 0.800. The van der Waals surface area contributed by atoms with Gasteiger partial charge in [0.15, 0.2) is 0 Å². The number of ether oxygens (including phenoxy) is 1. The van der Waals surface area contributed by atoms with Crippen LogP contribution in [0.25, 0.3) is 0 Å². The van der Waals surface area contributed by atoms with Crippen molar-refractivity contribution >= 4 is 5.90 Å². The number of rotatable bonds is 3. The van der Waals surface area contributed by atoms with Crippen molar-refractivity contribution < 1.29 is 4.74 Å². The van der Waals surface area contributed by atoms with Crippen molar-refractivity contribution in [3.8, 4) is 0 Å². The Morgan fingerprint density at radius 2 is 2.12 bits per heavy atom. The molecule has 0 amide bonds. The second kappa shape index (κ2) is 4.13. The minimum absolute atomic E-state index is 0.288. The Balaban J connectivity index is 1.84. The monoisotopic (exact) mass is 230 g/mol. The molecule has 2 aliphatic rings. The van der Waals surface area contributed by atoms with Crippen molar-refractivity contribution in [1.29, 1.82) is 0 Å². The lowest BCUT2D eigenvalue weighted by atomic mass is 10.1. The highest BCUT2D eigenvalue weighted by atomic mass is 16.5. The predicted molar refractivity (Wildman–Crippen MR) is 67.3 cm³/mol. The third-order valence-electron chi connectivity index (χ3n) is 3.43. The third kappa shape index (κ3) is 2.19. The molecule has 0 unspecified atom stereocenters. The van der Waals surface area contributed by atoms with Gasteiger partial charge in [0, 0.05) is 11.6 Å². The van der Waals surface area contributed by atoms with E-state index in [-0.39, 0.29) is 6.04 Å². The molecule has 3 rings (SSSR count). The molecule has 0 aromatic carbocycles. The van der Waals surface area contributed by atoms with E-state index in [1.807, 2.05) is 6.07 Å². The fourth-order valence-corrected chi connectivity index (χ4v) is 2.05. The first-order valence-corrected chi connectivity index (χ1v) is 6.42. The van der Waals surface area contributed by atoms with Crippen LogP contribution in [0.1, 0.15) is 44.0 Å². The Morgan fingerprint density at radius 3 is 2.76 bits per heavy atom. The summed E-state index contributed by atoms with van der Waals surface area (Å²) in [4.78, 5) is 9.27. The maximum absolute atomic E-state index is 5.66. The highest BCUT2D eigenvalue weighted by Gasteiger charge is 2.27. The number of aromatic nitrogens is 1. The van der Waals surface area contributed by atoms with Crippen molar-refractivity contribution in [3.05, 3.63) is 29.6 Å². The minimum atomic E-state index is 0.288. The average Bonchev–Trinajstić information content (AvgIpc) is 3.06. The van der Waals surface area contributed by atoms with Crippen molar-refractivity contribution in [2.24, 2.45) is 10.9 Å². The summed E-state index contributed by atoms with van der Waals surface area (Å²) in [5, 5.41) is 0. The second-order valence-electron chi connectivity index (χ2n) is 5.28. The molecule has 90 valence electrons. The molecule has 0 saturated heterocycles. The summed E-state index contributed by atoms with van der Waals surface area (Å²) in [6, 6.07) is 6.45. The summed E-state index contributed by atoms with van der Waals surface area (Å²) in [5.41, 5.74) is 2.10. The molecule has 3 nitrogen and oxygen atoms in total. The van der Waals surface area contributed by atoms with Crippen LogP contribution in [-0.2, 0) is 4.74 Å². The van der Waals surface area contributed by atoms with Crippen molar-refractivity contribution in [3.63, 3.8) is 0 Å². The van der Waals surface area contributed by atoms with Crippen LogP contribution < -0.4 is 0 Å². The Kier molecular flexibility index (Phi) is 2.61. The van der Waals surface area contributed by atoms with Crippen molar-refractivity contribution in [2.75, 3.05) is 6.61 Å². The van der Waals surface area contributed by atoms with Gasteiger partial charge in [-0.2, -0.15) is 0 Å². The van der Waals surface area contributed by atoms with Crippen LogP contribution in [0.2, 0.25) is 0 Å². The highest BCUT2D eigenvalue weighted by molar-refractivity contribution is 5.93. The van der Waals surface area contributed by atoms with Gasteiger partial charge >= 0.3 is 0 Å². The molecule has 1 aromatic rings. The lowest BCUT2D eigenvalue weighted by Crippen LogP contribution is -2.13. The van der Waals surface area contributed by atoms with Gasteiger partial charge in [-0.15, -0.1) is 0 Å². The maximum Gasteiger partial charge on any atom is 0.235 e. The molecule has 2 heterocycles. The van der Waals surface area contributed by atoms with Crippen LogP contribution in [0.5, 0.6) is 0 Å². The molecular formula is C14H18N2O. The highest BCUT2D eigenvalue weighted by Crippen LogP contribution is 2.38. The van der Waals surface area contributed by atoms with E-state index in [0.29, 0.717) is 18.4 Å². The molecule has 1 aromatic heterocycles. The normalized spacial score (nSPS) is 23.7. The van der Waals surface area contributed by atoms with Gasteiger partial charge in [0.2, 0.25) is 5.90 Å². The molecule has 0 bridgehead atoms. The molecule has 1 fully saturated rings. The van der Waals surface area contributed by atoms with E-state index in [1.54, 1.807) is 0 Å². The van der Waals surface area contributed by atoms with E-state index in [9.17, 15) is 0 Å². The number of nitrogens with zero attached hydrogens (tertiary/aromatic N) is 2. The van der Waals surface area contributed by atoms with Crippen molar-refractivity contribution in [2.45, 2.75) is 38.6 Å².